The van der Waals surface area contributed by atoms with Gasteiger partial charge in [0.1, 0.15) is 0 Å². The van der Waals surface area contributed by atoms with Gasteiger partial charge in [-0.3, -0.25) is 0 Å². The summed E-state index contributed by atoms with van der Waals surface area (Å²) in [5.74, 6) is 0. The molecule has 0 fully saturated rings. The van der Waals surface area contributed by atoms with Crippen LogP contribution in [0.1, 0.15) is 11.1 Å². The van der Waals surface area contributed by atoms with Gasteiger partial charge in [0.05, 0.1) is 0 Å². The highest BCUT2D eigenvalue weighted by Gasteiger charge is 2.04. The van der Waals surface area contributed by atoms with Gasteiger partial charge in [-0.2, -0.15) is 0 Å². The second-order valence-electron chi connectivity index (χ2n) is 3.97. The molecule has 0 saturated carbocycles. The van der Waals surface area contributed by atoms with Crippen molar-refractivity contribution in [1.29, 1.82) is 0 Å². The average molecular weight is 266 g/mol. The fourth-order valence-electron chi connectivity index (χ4n) is 1.68. The van der Waals surface area contributed by atoms with Crippen LogP contribution in [0.3, 0.4) is 0 Å². The van der Waals surface area contributed by atoms with E-state index in [-0.39, 0.29) is 0 Å². The Morgan fingerprint density at radius 2 is 1.59 bits per heavy atom. The minimum absolute atomic E-state index is 0.437. The van der Waals surface area contributed by atoms with Crippen LogP contribution in [0.15, 0.2) is 36.4 Å². The molecule has 2 aromatic carbocycles. The van der Waals surface area contributed by atoms with Crippen LogP contribution in [-0.4, -0.2) is 0 Å². The highest BCUT2D eigenvalue weighted by Crippen LogP contribution is 2.28. The molecule has 0 radical (unpaired) electrons. The van der Waals surface area contributed by atoms with Crippen LogP contribution in [-0.2, 0) is 6.54 Å². The maximum absolute atomic E-state index is 6.12. The third-order valence-corrected chi connectivity index (χ3v) is 3.55. The maximum atomic E-state index is 6.12. The fourth-order valence-corrected chi connectivity index (χ4v) is 2.06. The van der Waals surface area contributed by atoms with Gasteiger partial charge in [-0.1, -0.05) is 41.4 Å². The van der Waals surface area contributed by atoms with Gasteiger partial charge < -0.3 is 5.73 Å². The summed E-state index contributed by atoms with van der Waals surface area (Å²) >= 11 is 12.2. The summed E-state index contributed by atoms with van der Waals surface area (Å²) in [5, 5.41) is 1.47. The lowest BCUT2D eigenvalue weighted by molar-refractivity contribution is 1.07. The summed E-state index contributed by atoms with van der Waals surface area (Å²) < 4.78 is 0. The Hall–Kier alpha value is -1.02. The normalized spacial score (nSPS) is 10.6. The molecule has 2 rings (SSSR count). The molecule has 0 atom stereocenters. The minimum atomic E-state index is 0.437. The Morgan fingerprint density at radius 1 is 0.941 bits per heavy atom. The van der Waals surface area contributed by atoms with Crippen LogP contribution in [0.2, 0.25) is 10.0 Å². The first-order valence-electron chi connectivity index (χ1n) is 5.37. The summed E-state index contributed by atoms with van der Waals surface area (Å²) in [7, 11) is 0. The summed E-state index contributed by atoms with van der Waals surface area (Å²) in [6.45, 7) is 2.42. The second kappa shape index (κ2) is 5.09. The smallest absolute Gasteiger partial charge is 0.0451 e. The first kappa shape index (κ1) is 12.4. The molecule has 0 aliphatic carbocycles. The highest BCUT2D eigenvalue weighted by atomic mass is 35.5. The molecular formula is C14H13Cl2N. The molecule has 2 aromatic rings. The quantitative estimate of drug-likeness (QED) is 0.855. The zero-order chi connectivity index (χ0) is 12.4. The molecule has 0 heterocycles. The Kier molecular flexibility index (Phi) is 3.72. The molecule has 0 aliphatic heterocycles. The molecule has 0 saturated heterocycles. The molecule has 88 valence electrons. The number of hydrogen-bond acceptors (Lipinski definition) is 1. The minimum Gasteiger partial charge on any atom is -0.326 e. The fraction of sp³-hybridized carbons (Fsp3) is 0.143. The van der Waals surface area contributed by atoms with Crippen molar-refractivity contribution in [3.63, 3.8) is 0 Å². The molecule has 0 amide bonds. The van der Waals surface area contributed by atoms with Crippen molar-refractivity contribution in [3.05, 3.63) is 57.6 Å². The lowest BCUT2D eigenvalue weighted by atomic mass is 10.0. The molecule has 0 bridgehead atoms. The van der Waals surface area contributed by atoms with Crippen molar-refractivity contribution in [2.24, 2.45) is 5.73 Å². The zero-order valence-electron chi connectivity index (χ0n) is 9.50. The number of hydrogen-bond donors (Lipinski definition) is 1. The van der Waals surface area contributed by atoms with Crippen molar-refractivity contribution in [3.8, 4) is 11.1 Å². The molecule has 1 nitrogen and oxygen atoms in total. The van der Waals surface area contributed by atoms with Crippen molar-refractivity contribution >= 4 is 23.2 Å². The van der Waals surface area contributed by atoms with Crippen LogP contribution in [0.25, 0.3) is 11.1 Å². The van der Waals surface area contributed by atoms with Crippen LogP contribution in [0.5, 0.6) is 0 Å². The van der Waals surface area contributed by atoms with E-state index in [1.807, 2.05) is 43.3 Å². The number of aryl methyl sites for hydroxylation is 1. The Bertz CT molecular complexity index is 550. The lowest BCUT2D eigenvalue weighted by Gasteiger charge is -2.07. The third-order valence-electron chi connectivity index (χ3n) is 2.77. The zero-order valence-corrected chi connectivity index (χ0v) is 11.0. The van der Waals surface area contributed by atoms with Crippen molar-refractivity contribution < 1.29 is 0 Å². The number of benzene rings is 2. The van der Waals surface area contributed by atoms with Gasteiger partial charge in [-0.25, -0.2) is 0 Å². The monoisotopic (exact) mass is 265 g/mol. The van der Waals surface area contributed by atoms with Gasteiger partial charge >= 0.3 is 0 Å². The summed E-state index contributed by atoms with van der Waals surface area (Å²) in [6, 6.07) is 11.9. The number of nitrogens with two attached hydrogens (primary N) is 1. The summed E-state index contributed by atoms with van der Waals surface area (Å²) in [5.41, 5.74) is 9.82. The second-order valence-corrected chi connectivity index (χ2v) is 4.79. The Labute approximate surface area is 111 Å². The molecule has 0 spiro atoms. The molecular weight excluding hydrogens is 253 g/mol. The van der Waals surface area contributed by atoms with Gasteiger partial charge in [-0.15, -0.1) is 0 Å². The van der Waals surface area contributed by atoms with E-state index in [9.17, 15) is 0 Å². The van der Waals surface area contributed by atoms with Crippen LogP contribution in [0.4, 0.5) is 0 Å². The molecule has 2 N–H and O–H groups in total. The van der Waals surface area contributed by atoms with Crippen molar-refractivity contribution in [2.75, 3.05) is 0 Å². The summed E-state index contributed by atoms with van der Waals surface area (Å²) in [4.78, 5) is 0. The van der Waals surface area contributed by atoms with Crippen LogP contribution >= 0.6 is 23.2 Å². The molecule has 0 aliphatic rings. The molecule has 0 aromatic heterocycles. The molecule has 0 unspecified atom stereocenters. The van der Waals surface area contributed by atoms with E-state index in [1.165, 1.54) is 0 Å². The van der Waals surface area contributed by atoms with Crippen LogP contribution in [0, 0.1) is 6.92 Å². The first-order chi connectivity index (χ1) is 8.11. The topological polar surface area (TPSA) is 26.0 Å². The van der Waals surface area contributed by atoms with Gasteiger partial charge in [-0.05, 0) is 47.4 Å². The van der Waals surface area contributed by atoms with Gasteiger partial charge in [0.2, 0.25) is 0 Å². The average Bonchev–Trinajstić information content (AvgIpc) is 2.33. The maximum Gasteiger partial charge on any atom is 0.0451 e. The van der Waals surface area contributed by atoms with E-state index in [4.69, 9.17) is 28.9 Å². The van der Waals surface area contributed by atoms with E-state index in [0.29, 0.717) is 11.6 Å². The van der Waals surface area contributed by atoms with Crippen molar-refractivity contribution in [2.45, 2.75) is 13.5 Å². The Balaban J connectivity index is 2.49. The highest BCUT2D eigenvalue weighted by molar-refractivity contribution is 6.32. The van der Waals surface area contributed by atoms with Gasteiger partial charge in [0, 0.05) is 16.6 Å². The number of halogens is 2. The SMILES string of the molecule is Cc1ccc(-c2ccc(Cl)c(CN)c2)cc1Cl. The van der Waals surface area contributed by atoms with E-state index < -0.39 is 0 Å². The van der Waals surface area contributed by atoms with E-state index >= 15 is 0 Å². The van der Waals surface area contributed by atoms with Gasteiger partial charge in [0.25, 0.3) is 0 Å². The summed E-state index contributed by atoms with van der Waals surface area (Å²) in [6.07, 6.45) is 0. The predicted octanol–water partition coefficient (Wildman–Crippen LogP) is 4.43. The van der Waals surface area contributed by atoms with Crippen LogP contribution < -0.4 is 5.73 Å². The largest absolute Gasteiger partial charge is 0.326 e. The van der Waals surface area contributed by atoms with E-state index in [1.54, 1.807) is 0 Å². The standard InChI is InChI=1S/C14H13Cl2N/c1-9-2-3-11(7-14(9)16)10-4-5-13(15)12(6-10)8-17/h2-7H,8,17H2,1H3. The predicted molar refractivity (Wildman–Crippen MR) is 74.5 cm³/mol. The lowest BCUT2D eigenvalue weighted by Crippen LogP contribution is -1.97. The van der Waals surface area contributed by atoms with Crippen molar-refractivity contribution in [1.82, 2.24) is 0 Å². The third kappa shape index (κ3) is 2.63. The van der Waals surface area contributed by atoms with Gasteiger partial charge in [0.15, 0.2) is 0 Å². The number of rotatable bonds is 2. The van der Waals surface area contributed by atoms with E-state index in [0.717, 1.165) is 27.3 Å². The molecule has 17 heavy (non-hydrogen) atoms. The van der Waals surface area contributed by atoms with E-state index in [2.05, 4.69) is 0 Å². The Morgan fingerprint density at radius 3 is 2.24 bits per heavy atom. The molecule has 3 heteroatoms. The first-order valence-corrected chi connectivity index (χ1v) is 6.12.